The van der Waals surface area contributed by atoms with Gasteiger partial charge in [0.05, 0.1) is 0 Å². The molecule has 0 spiro atoms. The van der Waals surface area contributed by atoms with Crippen LogP contribution in [0.2, 0.25) is 0 Å². The van der Waals surface area contributed by atoms with Crippen LogP contribution in [0, 0.1) is 17.3 Å². The molecule has 3 atom stereocenters. The van der Waals surface area contributed by atoms with Gasteiger partial charge in [0, 0.05) is 19.1 Å². The molecule has 0 aromatic carbocycles. The van der Waals surface area contributed by atoms with Gasteiger partial charge in [0.1, 0.15) is 0 Å². The fourth-order valence-corrected chi connectivity index (χ4v) is 3.11. The third kappa shape index (κ3) is 1.83. The summed E-state index contributed by atoms with van der Waals surface area (Å²) in [6, 6.07) is 0.780. The van der Waals surface area contributed by atoms with E-state index >= 15 is 0 Å². The molecular weight excluding hydrogens is 190 g/mol. The van der Waals surface area contributed by atoms with Crippen molar-refractivity contribution < 1.29 is 0 Å². The molecule has 0 bridgehead atoms. The van der Waals surface area contributed by atoms with Gasteiger partial charge in [-0.2, -0.15) is 12.6 Å². The van der Waals surface area contributed by atoms with Gasteiger partial charge in [-0.3, -0.25) is 4.90 Å². The summed E-state index contributed by atoms with van der Waals surface area (Å²) in [7, 11) is 0. The summed E-state index contributed by atoms with van der Waals surface area (Å²) in [6.45, 7) is 9.78. The van der Waals surface area contributed by atoms with E-state index in [4.69, 9.17) is 0 Å². The molecule has 0 radical (unpaired) electrons. The van der Waals surface area contributed by atoms with Crippen LogP contribution in [0.15, 0.2) is 0 Å². The summed E-state index contributed by atoms with van der Waals surface area (Å²) in [5.74, 6) is 2.82. The van der Waals surface area contributed by atoms with Gasteiger partial charge < -0.3 is 0 Å². The zero-order valence-corrected chi connectivity index (χ0v) is 10.6. The van der Waals surface area contributed by atoms with E-state index in [-0.39, 0.29) is 0 Å². The molecule has 0 aromatic rings. The Morgan fingerprint density at radius 1 is 1.29 bits per heavy atom. The Hall–Kier alpha value is 0.310. The fourth-order valence-electron chi connectivity index (χ4n) is 2.69. The maximum absolute atomic E-state index is 4.48. The smallest absolute Gasteiger partial charge is 0.00959 e. The molecule has 1 aliphatic carbocycles. The Morgan fingerprint density at radius 3 is 2.29 bits per heavy atom. The highest BCUT2D eigenvalue weighted by molar-refractivity contribution is 7.80. The molecule has 1 saturated carbocycles. The van der Waals surface area contributed by atoms with Gasteiger partial charge in [-0.05, 0) is 42.8 Å². The van der Waals surface area contributed by atoms with Gasteiger partial charge in [0.25, 0.3) is 0 Å². The maximum Gasteiger partial charge on any atom is 0.00959 e. The summed E-state index contributed by atoms with van der Waals surface area (Å²) in [5.41, 5.74) is 0.598. The van der Waals surface area contributed by atoms with Crippen molar-refractivity contribution >= 4 is 12.6 Å². The van der Waals surface area contributed by atoms with E-state index in [1.807, 2.05) is 0 Å². The molecule has 82 valence electrons. The van der Waals surface area contributed by atoms with Crippen molar-refractivity contribution in [3.8, 4) is 0 Å². The maximum atomic E-state index is 4.48. The number of hydrogen-bond donors (Lipinski definition) is 1. The van der Waals surface area contributed by atoms with Crippen LogP contribution in [0.25, 0.3) is 0 Å². The van der Waals surface area contributed by atoms with E-state index in [2.05, 4.69) is 38.3 Å². The Kier molecular flexibility index (Phi) is 2.87. The average Bonchev–Trinajstić information content (AvgIpc) is 2.90. The highest BCUT2D eigenvalue weighted by Gasteiger charge is 2.45. The molecule has 14 heavy (non-hydrogen) atoms. The van der Waals surface area contributed by atoms with E-state index in [9.17, 15) is 0 Å². The van der Waals surface area contributed by atoms with Gasteiger partial charge in [-0.15, -0.1) is 0 Å². The summed E-state index contributed by atoms with van der Waals surface area (Å²) in [5, 5.41) is 0. The normalized spacial score (nSPS) is 41.6. The van der Waals surface area contributed by atoms with E-state index in [0.29, 0.717) is 5.41 Å². The van der Waals surface area contributed by atoms with Crippen LogP contribution in [0.3, 0.4) is 0 Å². The lowest BCUT2D eigenvalue weighted by atomic mass is 9.95. The minimum Gasteiger partial charge on any atom is -0.300 e. The van der Waals surface area contributed by atoms with Gasteiger partial charge in [0.15, 0.2) is 0 Å². The summed E-state index contributed by atoms with van der Waals surface area (Å²) < 4.78 is 0. The number of rotatable bonds is 3. The fraction of sp³-hybridized carbons (Fsp3) is 1.00. The van der Waals surface area contributed by atoms with Crippen LogP contribution >= 0.6 is 12.6 Å². The quantitative estimate of drug-likeness (QED) is 0.706. The topological polar surface area (TPSA) is 3.24 Å². The largest absolute Gasteiger partial charge is 0.300 e. The van der Waals surface area contributed by atoms with Gasteiger partial charge in [0.2, 0.25) is 0 Å². The first kappa shape index (κ1) is 10.8. The molecule has 1 nitrogen and oxygen atoms in total. The minimum atomic E-state index is 0.598. The Balaban J connectivity index is 1.93. The van der Waals surface area contributed by atoms with Crippen molar-refractivity contribution in [2.45, 2.75) is 39.7 Å². The van der Waals surface area contributed by atoms with Crippen molar-refractivity contribution in [1.82, 2.24) is 4.90 Å². The van der Waals surface area contributed by atoms with Crippen LogP contribution in [0.1, 0.15) is 33.6 Å². The summed E-state index contributed by atoms with van der Waals surface area (Å²) in [6.07, 6.45) is 2.81. The van der Waals surface area contributed by atoms with Crippen molar-refractivity contribution in [3.05, 3.63) is 0 Å². The van der Waals surface area contributed by atoms with Gasteiger partial charge in [-0.1, -0.05) is 13.8 Å². The van der Waals surface area contributed by atoms with E-state index in [1.165, 1.54) is 25.9 Å². The second-order valence-electron chi connectivity index (χ2n) is 5.66. The van der Waals surface area contributed by atoms with Crippen LogP contribution in [0.4, 0.5) is 0 Å². The Bertz CT molecular complexity index is 212. The molecule has 1 saturated heterocycles. The highest BCUT2D eigenvalue weighted by Crippen LogP contribution is 2.48. The molecule has 0 N–H and O–H groups in total. The van der Waals surface area contributed by atoms with Gasteiger partial charge in [-0.25, -0.2) is 0 Å². The zero-order valence-electron chi connectivity index (χ0n) is 9.66. The van der Waals surface area contributed by atoms with Crippen LogP contribution in [-0.2, 0) is 0 Å². The first-order valence-corrected chi connectivity index (χ1v) is 6.56. The van der Waals surface area contributed by atoms with Crippen molar-refractivity contribution in [2.75, 3.05) is 18.8 Å². The molecule has 0 aromatic heterocycles. The Labute approximate surface area is 93.7 Å². The number of likely N-dealkylation sites (tertiary alicyclic amines) is 1. The SMILES string of the molecule is CC1CN(CC2(CS)CC2)C(C)C1C. The Morgan fingerprint density at radius 2 is 1.93 bits per heavy atom. The van der Waals surface area contributed by atoms with Crippen molar-refractivity contribution in [3.63, 3.8) is 0 Å². The van der Waals surface area contributed by atoms with Crippen LogP contribution in [-0.4, -0.2) is 29.8 Å². The third-order valence-electron chi connectivity index (χ3n) is 4.59. The molecular formula is C12H23NS. The van der Waals surface area contributed by atoms with Crippen molar-refractivity contribution in [2.24, 2.45) is 17.3 Å². The molecule has 2 fully saturated rings. The number of thiol groups is 1. The monoisotopic (exact) mass is 213 g/mol. The van der Waals surface area contributed by atoms with E-state index in [0.717, 1.165) is 23.6 Å². The lowest BCUT2D eigenvalue weighted by Gasteiger charge is -2.27. The predicted molar refractivity (Wildman–Crippen MR) is 64.9 cm³/mol. The van der Waals surface area contributed by atoms with Crippen LogP contribution < -0.4 is 0 Å². The molecule has 2 rings (SSSR count). The average molecular weight is 213 g/mol. The molecule has 2 aliphatic rings. The molecule has 2 heteroatoms. The first-order valence-electron chi connectivity index (χ1n) is 5.93. The molecule has 0 amide bonds. The first-order chi connectivity index (χ1) is 6.58. The minimum absolute atomic E-state index is 0.598. The number of hydrogen-bond acceptors (Lipinski definition) is 2. The third-order valence-corrected chi connectivity index (χ3v) is 5.26. The second-order valence-corrected chi connectivity index (χ2v) is 5.98. The standard InChI is InChI=1S/C12H23NS/c1-9-6-13(11(3)10(9)2)7-12(8-14)4-5-12/h9-11,14H,4-8H2,1-3H3. The molecule has 3 unspecified atom stereocenters. The summed E-state index contributed by atoms with van der Waals surface area (Å²) in [4.78, 5) is 2.69. The lowest BCUT2D eigenvalue weighted by molar-refractivity contribution is 0.209. The summed E-state index contributed by atoms with van der Waals surface area (Å²) >= 11 is 4.48. The number of nitrogens with zero attached hydrogens (tertiary/aromatic N) is 1. The molecule has 1 heterocycles. The highest BCUT2D eigenvalue weighted by atomic mass is 32.1. The zero-order chi connectivity index (χ0) is 10.3. The van der Waals surface area contributed by atoms with Crippen molar-refractivity contribution in [1.29, 1.82) is 0 Å². The van der Waals surface area contributed by atoms with E-state index < -0.39 is 0 Å². The molecule has 1 aliphatic heterocycles. The predicted octanol–water partition coefficient (Wildman–Crippen LogP) is 2.67. The lowest BCUT2D eigenvalue weighted by Crippen LogP contribution is -2.35. The second kappa shape index (κ2) is 3.71. The van der Waals surface area contributed by atoms with Gasteiger partial charge >= 0.3 is 0 Å². The van der Waals surface area contributed by atoms with E-state index in [1.54, 1.807) is 0 Å². The van der Waals surface area contributed by atoms with Crippen LogP contribution in [0.5, 0.6) is 0 Å².